The highest BCUT2D eigenvalue weighted by Crippen LogP contribution is 2.31. The quantitative estimate of drug-likeness (QED) is 0.166. The maximum Gasteiger partial charge on any atom is 0.268 e. The Labute approximate surface area is 223 Å². The number of fused-ring (bicyclic) bond motifs is 1. The fraction of sp³-hybridized carbons (Fsp3) is 0.367. The van der Waals surface area contributed by atoms with Gasteiger partial charge < -0.3 is 9.47 Å². The van der Waals surface area contributed by atoms with Gasteiger partial charge in [-0.2, -0.15) is 5.26 Å². The minimum Gasteiger partial charge on any atom is -0.493 e. The molecule has 1 amide bonds. The SMILES string of the molecule is CCCCCCOc1ccc(/C=C(\C#N)C(=O)Nc2nc(-c3ccc4c(c3)CCCC4)cs2)cc1OC. The number of benzene rings is 2. The molecule has 6 nitrogen and oxygen atoms in total. The van der Waals surface area contributed by atoms with E-state index < -0.39 is 5.91 Å². The molecule has 0 saturated carbocycles. The number of nitriles is 1. The Morgan fingerprint density at radius 1 is 1.11 bits per heavy atom. The first-order valence-electron chi connectivity index (χ1n) is 12.9. The summed E-state index contributed by atoms with van der Waals surface area (Å²) in [6.45, 7) is 2.80. The molecule has 3 aromatic rings. The number of aryl methyl sites for hydroxylation is 2. The molecule has 0 atom stereocenters. The molecule has 7 heteroatoms. The summed E-state index contributed by atoms with van der Waals surface area (Å²) < 4.78 is 11.3. The summed E-state index contributed by atoms with van der Waals surface area (Å²) in [6.07, 6.45) is 10.7. The van der Waals surface area contributed by atoms with E-state index in [4.69, 9.17) is 9.47 Å². The molecule has 0 unspecified atom stereocenters. The van der Waals surface area contributed by atoms with E-state index in [0.717, 1.165) is 36.9 Å². The monoisotopic (exact) mass is 515 g/mol. The smallest absolute Gasteiger partial charge is 0.268 e. The second-order valence-electron chi connectivity index (χ2n) is 9.17. The van der Waals surface area contributed by atoms with Gasteiger partial charge in [0.2, 0.25) is 0 Å². The number of anilines is 1. The number of amides is 1. The first-order valence-corrected chi connectivity index (χ1v) is 13.8. The van der Waals surface area contributed by atoms with Crippen LogP contribution in [0.25, 0.3) is 17.3 Å². The lowest BCUT2D eigenvalue weighted by Gasteiger charge is -2.16. The fourth-order valence-corrected chi connectivity index (χ4v) is 5.16. The average Bonchev–Trinajstić information content (AvgIpc) is 3.40. The van der Waals surface area contributed by atoms with Crippen molar-refractivity contribution in [1.29, 1.82) is 5.26 Å². The Kier molecular flexibility index (Phi) is 9.34. The summed E-state index contributed by atoms with van der Waals surface area (Å²) in [5, 5.41) is 14.8. The van der Waals surface area contributed by atoms with Gasteiger partial charge in [-0.15, -0.1) is 11.3 Å². The fourth-order valence-electron chi connectivity index (χ4n) is 4.44. The second kappa shape index (κ2) is 13.1. The molecule has 0 saturated heterocycles. The Bertz CT molecular complexity index is 1310. The number of carbonyl (C=O) groups is 1. The third-order valence-electron chi connectivity index (χ3n) is 6.49. The zero-order valence-corrected chi connectivity index (χ0v) is 22.3. The van der Waals surface area contributed by atoms with Gasteiger partial charge in [0.15, 0.2) is 16.6 Å². The van der Waals surface area contributed by atoms with Crippen molar-refractivity contribution in [3.8, 4) is 28.8 Å². The molecule has 37 heavy (non-hydrogen) atoms. The molecule has 1 heterocycles. The molecule has 0 bridgehead atoms. The predicted octanol–water partition coefficient (Wildman–Crippen LogP) is 7.20. The van der Waals surface area contributed by atoms with Crippen LogP contribution in [0.4, 0.5) is 5.13 Å². The molecule has 0 spiro atoms. The van der Waals surface area contributed by atoms with E-state index in [0.29, 0.717) is 28.8 Å². The van der Waals surface area contributed by atoms with Crippen LogP contribution in [0.3, 0.4) is 0 Å². The van der Waals surface area contributed by atoms with Crippen molar-refractivity contribution in [3.63, 3.8) is 0 Å². The number of hydrogen-bond donors (Lipinski definition) is 1. The van der Waals surface area contributed by atoms with E-state index in [-0.39, 0.29) is 5.57 Å². The normalized spacial score (nSPS) is 12.9. The van der Waals surface area contributed by atoms with Gasteiger partial charge in [0, 0.05) is 10.9 Å². The van der Waals surface area contributed by atoms with E-state index in [1.807, 2.05) is 23.6 Å². The zero-order chi connectivity index (χ0) is 26.0. The second-order valence-corrected chi connectivity index (χ2v) is 10.0. The first-order chi connectivity index (χ1) is 18.1. The molecule has 0 aliphatic heterocycles. The van der Waals surface area contributed by atoms with Crippen molar-refractivity contribution in [1.82, 2.24) is 4.98 Å². The topological polar surface area (TPSA) is 84.2 Å². The molecule has 1 aliphatic rings. The van der Waals surface area contributed by atoms with Crippen LogP contribution in [0.15, 0.2) is 47.4 Å². The van der Waals surface area contributed by atoms with Gasteiger partial charge in [0.25, 0.3) is 5.91 Å². The van der Waals surface area contributed by atoms with Crippen LogP contribution in [0.5, 0.6) is 11.5 Å². The lowest BCUT2D eigenvalue weighted by atomic mass is 9.90. The molecule has 192 valence electrons. The van der Waals surface area contributed by atoms with Crippen LogP contribution in [-0.2, 0) is 17.6 Å². The summed E-state index contributed by atoms with van der Waals surface area (Å²) in [6, 6.07) is 13.9. The molecule has 1 N–H and O–H groups in total. The van der Waals surface area contributed by atoms with Gasteiger partial charge in [-0.25, -0.2) is 4.98 Å². The molecule has 0 fully saturated rings. The van der Waals surface area contributed by atoms with Crippen LogP contribution >= 0.6 is 11.3 Å². The third-order valence-corrected chi connectivity index (χ3v) is 7.25. The number of nitrogens with zero attached hydrogens (tertiary/aromatic N) is 2. The standard InChI is InChI=1S/C30H33N3O3S/c1-3-4-5-8-15-36-27-14-11-21(17-28(27)35-2)16-25(19-31)29(34)33-30-32-26(20-37-30)24-13-12-22-9-6-7-10-23(22)18-24/h11-14,16-18,20H,3-10,15H2,1-2H3,(H,32,33,34)/b25-16+. The number of rotatable bonds is 11. The summed E-state index contributed by atoms with van der Waals surface area (Å²) >= 11 is 1.35. The van der Waals surface area contributed by atoms with Gasteiger partial charge >= 0.3 is 0 Å². The van der Waals surface area contributed by atoms with Gasteiger partial charge in [0.05, 0.1) is 19.4 Å². The van der Waals surface area contributed by atoms with E-state index in [1.54, 1.807) is 19.3 Å². The van der Waals surface area contributed by atoms with E-state index in [1.165, 1.54) is 48.1 Å². The van der Waals surface area contributed by atoms with Crippen molar-refractivity contribution in [3.05, 3.63) is 64.0 Å². The molecule has 4 rings (SSSR count). The van der Waals surface area contributed by atoms with Crippen molar-refractivity contribution < 1.29 is 14.3 Å². The van der Waals surface area contributed by atoms with Crippen LogP contribution in [0.2, 0.25) is 0 Å². The summed E-state index contributed by atoms with van der Waals surface area (Å²) in [7, 11) is 1.58. The number of methoxy groups -OCH3 is 1. The van der Waals surface area contributed by atoms with Gasteiger partial charge in [-0.3, -0.25) is 10.1 Å². The minimum absolute atomic E-state index is 0.0131. The summed E-state index contributed by atoms with van der Waals surface area (Å²) in [4.78, 5) is 17.4. The number of thiazole rings is 1. The molecular formula is C30H33N3O3S. The average molecular weight is 516 g/mol. The maximum atomic E-state index is 12.8. The molecule has 1 aliphatic carbocycles. The lowest BCUT2D eigenvalue weighted by molar-refractivity contribution is -0.112. The Morgan fingerprint density at radius 3 is 2.73 bits per heavy atom. The molecular weight excluding hydrogens is 482 g/mol. The number of hydrogen-bond acceptors (Lipinski definition) is 6. The van der Waals surface area contributed by atoms with Crippen molar-refractivity contribution in [2.75, 3.05) is 19.0 Å². The van der Waals surface area contributed by atoms with E-state index in [2.05, 4.69) is 35.4 Å². The minimum atomic E-state index is -0.496. The van der Waals surface area contributed by atoms with Crippen LogP contribution in [0, 0.1) is 11.3 Å². The highest BCUT2D eigenvalue weighted by molar-refractivity contribution is 7.14. The zero-order valence-electron chi connectivity index (χ0n) is 21.5. The number of nitrogens with one attached hydrogen (secondary N) is 1. The van der Waals surface area contributed by atoms with Crippen molar-refractivity contribution in [2.24, 2.45) is 0 Å². The Hall–Kier alpha value is -3.63. The van der Waals surface area contributed by atoms with Crippen LogP contribution in [0.1, 0.15) is 62.1 Å². The highest BCUT2D eigenvalue weighted by atomic mass is 32.1. The maximum absolute atomic E-state index is 12.8. The van der Waals surface area contributed by atoms with E-state index >= 15 is 0 Å². The number of aromatic nitrogens is 1. The lowest BCUT2D eigenvalue weighted by Crippen LogP contribution is -2.13. The van der Waals surface area contributed by atoms with E-state index in [9.17, 15) is 10.1 Å². The van der Waals surface area contributed by atoms with Crippen molar-refractivity contribution in [2.45, 2.75) is 58.3 Å². The van der Waals surface area contributed by atoms with Crippen LogP contribution < -0.4 is 14.8 Å². The number of unbranched alkanes of at least 4 members (excludes halogenated alkanes) is 3. The number of carbonyl (C=O) groups excluding carboxylic acids is 1. The largest absolute Gasteiger partial charge is 0.493 e. The molecule has 0 radical (unpaired) electrons. The molecule has 2 aromatic carbocycles. The third kappa shape index (κ3) is 6.99. The van der Waals surface area contributed by atoms with Crippen LogP contribution in [-0.4, -0.2) is 24.6 Å². The summed E-state index contributed by atoms with van der Waals surface area (Å²) in [5.41, 5.74) is 5.35. The van der Waals surface area contributed by atoms with Crippen molar-refractivity contribution >= 4 is 28.5 Å². The number of ether oxygens (including phenoxy) is 2. The molecule has 1 aromatic heterocycles. The highest BCUT2D eigenvalue weighted by Gasteiger charge is 2.15. The first kappa shape index (κ1) is 26.4. The van der Waals surface area contributed by atoms with Gasteiger partial charge in [-0.05, 0) is 73.1 Å². The van der Waals surface area contributed by atoms with Gasteiger partial charge in [-0.1, -0.05) is 44.4 Å². The van der Waals surface area contributed by atoms with Gasteiger partial charge in [0.1, 0.15) is 11.6 Å². The summed E-state index contributed by atoms with van der Waals surface area (Å²) in [5.74, 6) is 0.720. The predicted molar refractivity (Wildman–Crippen MR) is 149 cm³/mol. The Balaban J connectivity index is 1.42. The Morgan fingerprint density at radius 2 is 1.95 bits per heavy atom.